The maximum absolute atomic E-state index is 12.6. The molecule has 4 rings (SSSR count). The summed E-state index contributed by atoms with van der Waals surface area (Å²) < 4.78 is 6.19. The number of phenolic OH excluding ortho intramolecular Hbond substituents is 1. The van der Waals surface area contributed by atoms with Crippen molar-refractivity contribution >= 4 is 5.78 Å². The van der Waals surface area contributed by atoms with Gasteiger partial charge in [0, 0.05) is 12.0 Å². The van der Waals surface area contributed by atoms with Crippen molar-refractivity contribution in [3.63, 3.8) is 0 Å². The fourth-order valence-corrected chi connectivity index (χ4v) is 3.26. The largest absolute Gasteiger partial charge is 0.508 e. The van der Waals surface area contributed by atoms with Crippen molar-refractivity contribution in [1.82, 2.24) is 0 Å². The summed E-state index contributed by atoms with van der Waals surface area (Å²) in [6, 6.07) is 22.8. The maximum atomic E-state index is 12.6. The first-order valence-corrected chi connectivity index (χ1v) is 8.36. The van der Waals surface area contributed by atoms with Crippen LogP contribution in [0.1, 0.15) is 39.6 Å². The fourth-order valence-electron chi connectivity index (χ4n) is 3.26. The predicted octanol–water partition coefficient (Wildman–Crippen LogP) is 4.69. The molecule has 0 saturated carbocycles. The van der Waals surface area contributed by atoms with Gasteiger partial charge in [-0.3, -0.25) is 4.79 Å². The van der Waals surface area contributed by atoms with Crippen LogP contribution >= 0.6 is 0 Å². The highest BCUT2D eigenvalue weighted by molar-refractivity contribution is 6.00. The van der Waals surface area contributed by atoms with Gasteiger partial charge in [0.05, 0.1) is 12.0 Å². The molecule has 0 radical (unpaired) electrons. The van der Waals surface area contributed by atoms with Crippen LogP contribution in [0.4, 0.5) is 0 Å². The van der Waals surface area contributed by atoms with Gasteiger partial charge in [0.2, 0.25) is 0 Å². The van der Waals surface area contributed by atoms with Crippen LogP contribution in [-0.4, -0.2) is 10.9 Å². The van der Waals surface area contributed by atoms with E-state index >= 15 is 0 Å². The Hall–Kier alpha value is -3.07. The molecular weight excluding hydrogens is 312 g/mol. The Kier molecular flexibility index (Phi) is 3.98. The summed E-state index contributed by atoms with van der Waals surface area (Å²) in [6.07, 6.45) is 0.509. The zero-order chi connectivity index (χ0) is 17.2. The minimum absolute atomic E-state index is 0.0458. The van der Waals surface area contributed by atoms with Crippen molar-refractivity contribution in [3.05, 3.63) is 95.1 Å². The lowest BCUT2D eigenvalue weighted by molar-refractivity contribution is 0.0847. The molecule has 3 aromatic rings. The quantitative estimate of drug-likeness (QED) is 0.758. The number of phenols is 1. The molecule has 3 aromatic carbocycles. The first-order chi connectivity index (χ1) is 12.2. The van der Waals surface area contributed by atoms with E-state index in [1.807, 2.05) is 60.7 Å². The van der Waals surface area contributed by atoms with Gasteiger partial charge in [0.1, 0.15) is 17.6 Å². The van der Waals surface area contributed by atoms with Gasteiger partial charge in [0.15, 0.2) is 5.78 Å². The third-order valence-corrected chi connectivity index (χ3v) is 4.56. The number of benzene rings is 3. The van der Waals surface area contributed by atoms with E-state index in [9.17, 15) is 9.90 Å². The van der Waals surface area contributed by atoms with Crippen molar-refractivity contribution in [2.75, 3.05) is 0 Å². The summed E-state index contributed by atoms with van der Waals surface area (Å²) in [5.41, 5.74) is 3.24. The number of Topliss-reactive ketones (excluding diaryl/α,β-unsaturated/α-hetero) is 1. The Labute approximate surface area is 146 Å². The molecule has 0 aromatic heterocycles. The number of ketones is 1. The van der Waals surface area contributed by atoms with Gasteiger partial charge in [0.25, 0.3) is 0 Å². The van der Waals surface area contributed by atoms with Crippen LogP contribution in [0.2, 0.25) is 0 Å². The molecule has 1 atom stereocenters. The molecule has 0 fully saturated rings. The Balaban J connectivity index is 1.75. The van der Waals surface area contributed by atoms with E-state index in [0.717, 1.165) is 11.1 Å². The van der Waals surface area contributed by atoms with E-state index < -0.39 is 0 Å². The lowest BCUT2D eigenvalue weighted by Gasteiger charge is -2.28. The number of carbonyl (C=O) groups is 1. The minimum Gasteiger partial charge on any atom is -0.508 e. The average Bonchev–Trinajstić information content (AvgIpc) is 2.65. The molecule has 1 heterocycles. The molecule has 0 amide bonds. The molecule has 3 heteroatoms. The molecule has 25 heavy (non-hydrogen) atoms. The number of hydrogen-bond acceptors (Lipinski definition) is 3. The van der Waals surface area contributed by atoms with Gasteiger partial charge < -0.3 is 9.84 Å². The van der Waals surface area contributed by atoms with Crippen molar-refractivity contribution in [2.24, 2.45) is 0 Å². The van der Waals surface area contributed by atoms with Crippen LogP contribution < -0.4 is 4.74 Å². The summed E-state index contributed by atoms with van der Waals surface area (Å²) in [5, 5.41) is 10.4. The second-order valence-corrected chi connectivity index (χ2v) is 6.25. The third-order valence-electron chi connectivity index (χ3n) is 4.56. The van der Waals surface area contributed by atoms with Crippen molar-refractivity contribution < 1.29 is 14.6 Å². The number of rotatable bonds is 3. The molecule has 0 bridgehead atoms. The molecule has 0 spiro atoms. The van der Waals surface area contributed by atoms with Crippen LogP contribution in [0.5, 0.6) is 11.5 Å². The maximum Gasteiger partial charge on any atom is 0.170 e. The van der Waals surface area contributed by atoms with Gasteiger partial charge in [-0.1, -0.05) is 60.7 Å². The number of carbonyl (C=O) groups excluding carboxylic acids is 1. The van der Waals surface area contributed by atoms with E-state index in [-0.39, 0.29) is 17.6 Å². The Morgan fingerprint density at radius 3 is 2.32 bits per heavy atom. The summed E-state index contributed by atoms with van der Waals surface area (Å²) in [4.78, 5) is 12.6. The van der Waals surface area contributed by atoms with E-state index in [0.29, 0.717) is 29.7 Å². The number of fused-ring (bicyclic) bond motifs is 1. The zero-order valence-corrected chi connectivity index (χ0v) is 13.7. The van der Waals surface area contributed by atoms with E-state index in [1.54, 1.807) is 12.1 Å². The standard InChI is InChI=1S/C22H18O3/c23-19-12-11-17-20(24)14-21(16-9-5-2-6-10-16)25-22(17)18(19)13-15-7-3-1-4-8-15/h1-12,21,23H,13-14H2. The monoisotopic (exact) mass is 330 g/mol. The number of ether oxygens (including phenoxy) is 1. The third kappa shape index (κ3) is 3.01. The zero-order valence-electron chi connectivity index (χ0n) is 13.7. The van der Waals surface area contributed by atoms with Gasteiger partial charge in [-0.2, -0.15) is 0 Å². The smallest absolute Gasteiger partial charge is 0.170 e. The molecule has 1 unspecified atom stereocenters. The van der Waals surface area contributed by atoms with E-state index in [4.69, 9.17) is 4.74 Å². The highest BCUT2D eigenvalue weighted by Crippen LogP contribution is 2.41. The predicted molar refractivity (Wildman–Crippen MR) is 96.1 cm³/mol. The van der Waals surface area contributed by atoms with Gasteiger partial charge in [-0.05, 0) is 23.3 Å². The van der Waals surface area contributed by atoms with Gasteiger partial charge >= 0.3 is 0 Å². The normalized spacial score (nSPS) is 16.2. The van der Waals surface area contributed by atoms with Crippen LogP contribution in [0.25, 0.3) is 0 Å². The highest BCUT2D eigenvalue weighted by Gasteiger charge is 2.30. The van der Waals surface area contributed by atoms with Crippen LogP contribution in [0.3, 0.4) is 0 Å². The SMILES string of the molecule is O=C1CC(c2ccccc2)Oc2c1ccc(O)c2Cc1ccccc1. The van der Waals surface area contributed by atoms with Crippen LogP contribution in [0, 0.1) is 0 Å². The van der Waals surface area contributed by atoms with E-state index in [2.05, 4.69) is 0 Å². The van der Waals surface area contributed by atoms with Crippen molar-refractivity contribution in [1.29, 1.82) is 0 Å². The molecule has 0 aliphatic carbocycles. The van der Waals surface area contributed by atoms with Crippen molar-refractivity contribution in [2.45, 2.75) is 18.9 Å². The highest BCUT2D eigenvalue weighted by atomic mass is 16.5. The average molecular weight is 330 g/mol. The second-order valence-electron chi connectivity index (χ2n) is 6.25. The summed E-state index contributed by atoms with van der Waals surface area (Å²) >= 11 is 0. The second kappa shape index (κ2) is 6.44. The Morgan fingerprint density at radius 2 is 1.60 bits per heavy atom. The fraction of sp³-hybridized carbons (Fsp3) is 0.136. The topological polar surface area (TPSA) is 46.5 Å². The van der Waals surface area contributed by atoms with Crippen LogP contribution in [0.15, 0.2) is 72.8 Å². The lowest BCUT2D eigenvalue weighted by Crippen LogP contribution is -2.21. The van der Waals surface area contributed by atoms with Crippen molar-refractivity contribution in [3.8, 4) is 11.5 Å². The molecule has 124 valence electrons. The number of hydrogen-bond donors (Lipinski definition) is 1. The lowest BCUT2D eigenvalue weighted by atomic mass is 9.92. The van der Waals surface area contributed by atoms with Gasteiger partial charge in [-0.15, -0.1) is 0 Å². The summed E-state index contributed by atoms with van der Waals surface area (Å²) in [7, 11) is 0. The summed E-state index contributed by atoms with van der Waals surface area (Å²) in [5.74, 6) is 0.711. The van der Waals surface area contributed by atoms with Gasteiger partial charge in [-0.25, -0.2) is 0 Å². The first-order valence-electron chi connectivity index (χ1n) is 8.36. The molecule has 0 saturated heterocycles. The first kappa shape index (κ1) is 15.5. The molecular formula is C22H18O3. The Morgan fingerprint density at radius 1 is 0.920 bits per heavy atom. The van der Waals surface area contributed by atoms with Crippen LogP contribution in [-0.2, 0) is 6.42 Å². The Bertz CT molecular complexity index is 901. The minimum atomic E-state index is -0.322. The molecule has 3 nitrogen and oxygen atoms in total. The van der Waals surface area contributed by atoms with E-state index in [1.165, 1.54) is 0 Å². The molecule has 1 aliphatic rings. The number of aromatic hydroxyl groups is 1. The molecule has 1 N–H and O–H groups in total. The molecule has 1 aliphatic heterocycles. The summed E-state index contributed by atoms with van der Waals surface area (Å²) in [6.45, 7) is 0.